The van der Waals surface area contributed by atoms with E-state index in [9.17, 15) is 28.0 Å². The van der Waals surface area contributed by atoms with Gasteiger partial charge in [-0.1, -0.05) is 49.4 Å². The van der Waals surface area contributed by atoms with Crippen molar-refractivity contribution in [3.63, 3.8) is 0 Å². The molecule has 1 aromatic heterocycles. The van der Waals surface area contributed by atoms with Crippen LogP contribution >= 0.6 is 11.6 Å². The largest absolute Gasteiger partial charge is 0.496 e. The van der Waals surface area contributed by atoms with E-state index in [2.05, 4.69) is 29.9 Å². The second-order valence-corrected chi connectivity index (χ2v) is 16.4. The minimum absolute atomic E-state index is 0.00791. The number of halogens is 4. The van der Waals surface area contributed by atoms with Crippen molar-refractivity contribution < 1.29 is 32.2 Å². The van der Waals surface area contributed by atoms with Crippen molar-refractivity contribution in [1.29, 1.82) is 5.26 Å². The molecule has 0 aliphatic carbocycles. The van der Waals surface area contributed by atoms with Gasteiger partial charge in [0.05, 0.1) is 31.8 Å². The third-order valence-corrected chi connectivity index (χ3v) is 8.14. The van der Waals surface area contributed by atoms with Gasteiger partial charge in [-0.05, 0) is 35.9 Å². The maximum absolute atomic E-state index is 13.4. The van der Waals surface area contributed by atoms with Crippen molar-refractivity contribution in [1.82, 2.24) is 10.3 Å². The van der Waals surface area contributed by atoms with Crippen molar-refractivity contribution in [3.8, 4) is 22.9 Å². The number of hydrogen-bond donors (Lipinski definition) is 1. The minimum Gasteiger partial charge on any atom is -0.496 e. The van der Waals surface area contributed by atoms with Crippen molar-refractivity contribution in [3.05, 3.63) is 81.6 Å². The molecule has 2 aromatic carbocycles. The topological polar surface area (TPSA) is 101 Å². The van der Waals surface area contributed by atoms with E-state index in [1.165, 1.54) is 19.2 Å². The summed E-state index contributed by atoms with van der Waals surface area (Å²) in [6.45, 7) is 6.78. The second-order valence-electron chi connectivity index (χ2n) is 10.4. The van der Waals surface area contributed by atoms with Crippen molar-refractivity contribution in [2.24, 2.45) is 0 Å². The SMILES string of the molecule is COc1ccccc1CNC(=O)c1cc(-c2cnc(C(F)(F)F)cc2C#N)c(Cl)cc1CC(=O)OCC[Si](C)(C)C. The monoisotopic (exact) mass is 603 g/mol. The Hall–Kier alpha value is -3.88. The number of nitriles is 1. The van der Waals surface area contributed by atoms with Gasteiger partial charge < -0.3 is 14.8 Å². The van der Waals surface area contributed by atoms with Crippen LogP contribution < -0.4 is 10.1 Å². The summed E-state index contributed by atoms with van der Waals surface area (Å²) < 4.78 is 50.3. The average Bonchev–Trinajstić information content (AvgIpc) is 2.90. The molecule has 0 spiro atoms. The second kappa shape index (κ2) is 13.2. The molecule has 0 radical (unpaired) electrons. The Bertz CT molecular complexity index is 1480. The predicted molar refractivity (Wildman–Crippen MR) is 151 cm³/mol. The van der Waals surface area contributed by atoms with Crippen LogP contribution in [0, 0.1) is 11.3 Å². The van der Waals surface area contributed by atoms with E-state index in [1.807, 2.05) is 0 Å². The summed E-state index contributed by atoms with van der Waals surface area (Å²) in [4.78, 5) is 29.6. The summed E-state index contributed by atoms with van der Waals surface area (Å²) in [6, 6.07) is 12.9. The molecular weight excluding hydrogens is 575 g/mol. The van der Waals surface area contributed by atoms with Crippen molar-refractivity contribution in [2.75, 3.05) is 13.7 Å². The number of aromatic nitrogens is 1. The molecule has 7 nitrogen and oxygen atoms in total. The first-order chi connectivity index (χ1) is 19.2. The molecule has 3 aromatic rings. The Morgan fingerprint density at radius 3 is 2.44 bits per heavy atom. The van der Waals surface area contributed by atoms with E-state index in [0.717, 1.165) is 12.2 Å². The number of nitrogens with zero attached hydrogens (tertiary/aromatic N) is 2. The fourth-order valence-electron chi connectivity index (χ4n) is 3.89. The van der Waals surface area contributed by atoms with Crippen LogP contribution in [0.4, 0.5) is 13.2 Å². The maximum Gasteiger partial charge on any atom is 0.433 e. The number of benzene rings is 2. The van der Waals surface area contributed by atoms with E-state index in [0.29, 0.717) is 17.4 Å². The van der Waals surface area contributed by atoms with Crippen LogP contribution in [0.1, 0.15) is 32.7 Å². The maximum atomic E-state index is 13.4. The van der Waals surface area contributed by atoms with Gasteiger partial charge in [0, 0.05) is 48.1 Å². The highest BCUT2D eigenvalue weighted by Crippen LogP contribution is 2.36. The van der Waals surface area contributed by atoms with E-state index in [-0.39, 0.29) is 52.4 Å². The highest BCUT2D eigenvalue weighted by Gasteiger charge is 2.33. The van der Waals surface area contributed by atoms with Gasteiger partial charge in [-0.25, -0.2) is 0 Å². The summed E-state index contributed by atoms with van der Waals surface area (Å²) in [6.07, 6.45) is -4.12. The number of amides is 1. The van der Waals surface area contributed by atoms with Crippen LogP contribution in [0.5, 0.6) is 5.75 Å². The van der Waals surface area contributed by atoms with Gasteiger partial charge in [-0.3, -0.25) is 14.6 Å². The fraction of sp³-hybridized carbons (Fsp3) is 0.310. The first-order valence-electron chi connectivity index (χ1n) is 12.6. The lowest BCUT2D eigenvalue weighted by Gasteiger charge is -2.17. The molecule has 0 saturated carbocycles. The number of para-hydroxylation sites is 1. The number of alkyl halides is 3. The summed E-state index contributed by atoms with van der Waals surface area (Å²) in [5.41, 5.74) is -0.438. The summed E-state index contributed by atoms with van der Waals surface area (Å²) in [7, 11) is 0.0528. The van der Waals surface area contributed by atoms with Crippen LogP contribution in [0.15, 0.2) is 48.7 Å². The van der Waals surface area contributed by atoms with Crippen LogP contribution in [-0.2, 0) is 28.7 Å². The smallest absolute Gasteiger partial charge is 0.433 e. The van der Waals surface area contributed by atoms with Gasteiger partial charge in [0.25, 0.3) is 5.91 Å². The molecule has 1 amide bonds. The lowest BCUT2D eigenvalue weighted by molar-refractivity contribution is -0.142. The Balaban J connectivity index is 2.01. The number of carbonyl (C=O) groups is 2. The molecular formula is C29H29ClF3N3O4Si. The Kier molecular flexibility index (Phi) is 10.2. The van der Waals surface area contributed by atoms with Crippen molar-refractivity contribution >= 4 is 31.6 Å². The van der Waals surface area contributed by atoms with Crippen LogP contribution in [-0.4, -0.2) is 38.7 Å². The molecule has 1 heterocycles. The number of pyridine rings is 1. The van der Waals surface area contributed by atoms with Gasteiger partial charge >= 0.3 is 12.1 Å². The third-order valence-electron chi connectivity index (χ3n) is 6.12. The Morgan fingerprint density at radius 1 is 1.10 bits per heavy atom. The lowest BCUT2D eigenvalue weighted by Crippen LogP contribution is -2.26. The van der Waals surface area contributed by atoms with Gasteiger partial charge in [0.15, 0.2) is 0 Å². The lowest BCUT2D eigenvalue weighted by atomic mass is 9.95. The van der Waals surface area contributed by atoms with Crippen LogP contribution in [0.2, 0.25) is 30.7 Å². The highest BCUT2D eigenvalue weighted by atomic mass is 35.5. The number of nitrogens with one attached hydrogen (secondary N) is 1. The number of esters is 1. The van der Waals surface area contributed by atoms with Crippen molar-refractivity contribution in [2.45, 2.75) is 44.8 Å². The summed E-state index contributed by atoms with van der Waals surface area (Å²) in [5.74, 6) is -0.567. The van der Waals surface area contributed by atoms with Gasteiger partial charge in [0.1, 0.15) is 11.4 Å². The summed E-state index contributed by atoms with van der Waals surface area (Å²) in [5, 5.41) is 12.4. The van der Waals surface area contributed by atoms with Gasteiger partial charge in [0.2, 0.25) is 0 Å². The predicted octanol–water partition coefficient (Wildman–Crippen LogP) is 6.65. The first kappa shape index (κ1) is 31.6. The number of ether oxygens (including phenoxy) is 2. The van der Waals surface area contributed by atoms with E-state index < -0.39 is 31.8 Å². The molecule has 0 aliphatic rings. The molecule has 0 aliphatic heterocycles. The third kappa shape index (κ3) is 8.55. The molecule has 0 atom stereocenters. The highest BCUT2D eigenvalue weighted by molar-refractivity contribution is 6.76. The number of methoxy groups -OCH3 is 1. The number of rotatable bonds is 10. The standard InChI is InChI=1S/C29H29ClF3N3O4Si/c1-39-25-8-6-5-7-18(25)16-36-28(38)21-14-22(23-17-35-26(29(31,32)33)12-20(23)15-34)24(30)11-19(21)13-27(37)40-9-10-41(2,3)4/h5-8,11-12,14,17H,9-10,13,16H2,1-4H3,(H,36,38). The fourth-order valence-corrected chi connectivity index (χ4v) is 4.90. The average molecular weight is 604 g/mol. The van der Waals surface area contributed by atoms with Crippen LogP contribution in [0.3, 0.4) is 0 Å². The van der Waals surface area contributed by atoms with E-state index in [4.69, 9.17) is 21.1 Å². The van der Waals surface area contributed by atoms with Crippen LogP contribution in [0.25, 0.3) is 11.1 Å². The van der Waals surface area contributed by atoms with Gasteiger partial charge in [-0.2, -0.15) is 18.4 Å². The zero-order valence-electron chi connectivity index (χ0n) is 23.0. The molecule has 0 bridgehead atoms. The quantitative estimate of drug-likeness (QED) is 0.206. The molecule has 3 rings (SSSR count). The first-order valence-corrected chi connectivity index (χ1v) is 16.7. The molecule has 0 fully saturated rings. The van der Waals surface area contributed by atoms with Gasteiger partial charge in [-0.15, -0.1) is 0 Å². The number of hydrogen-bond acceptors (Lipinski definition) is 6. The molecule has 12 heteroatoms. The zero-order valence-corrected chi connectivity index (χ0v) is 24.7. The molecule has 0 saturated heterocycles. The molecule has 0 unspecified atom stereocenters. The minimum atomic E-state index is -4.75. The van der Waals surface area contributed by atoms with E-state index in [1.54, 1.807) is 30.3 Å². The zero-order chi connectivity index (χ0) is 30.4. The Morgan fingerprint density at radius 2 is 1.80 bits per heavy atom. The number of carbonyl (C=O) groups excluding carboxylic acids is 2. The molecule has 41 heavy (non-hydrogen) atoms. The normalized spacial score (nSPS) is 11.5. The summed E-state index contributed by atoms with van der Waals surface area (Å²) >= 11 is 6.51. The molecule has 216 valence electrons. The Labute approximate surface area is 242 Å². The van der Waals surface area contributed by atoms with E-state index >= 15 is 0 Å². The molecule has 1 N–H and O–H groups in total.